The predicted molar refractivity (Wildman–Crippen MR) is 57.7 cm³/mol. The van der Waals surface area contributed by atoms with Gasteiger partial charge in [0.05, 0.1) is 17.7 Å². The lowest BCUT2D eigenvalue weighted by molar-refractivity contribution is -0.165. The van der Waals surface area contributed by atoms with Gasteiger partial charge in [0.2, 0.25) is 0 Å². The molecule has 0 amide bonds. The minimum absolute atomic E-state index is 0.157. The van der Waals surface area contributed by atoms with Crippen LogP contribution in [0.5, 0.6) is 0 Å². The lowest BCUT2D eigenvalue weighted by Crippen LogP contribution is -2.21. The molecular formula is C12H7F6NO. The third-order valence-corrected chi connectivity index (χ3v) is 2.71. The number of pyridine rings is 1. The van der Waals surface area contributed by atoms with E-state index in [4.69, 9.17) is 5.11 Å². The number of fused-ring (bicyclic) bond motifs is 1. The van der Waals surface area contributed by atoms with E-state index in [9.17, 15) is 26.3 Å². The van der Waals surface area contributed by atoms with Crippen LogP contribution >= 0.6 is 0 Å². The Morgan fingerprint density at radius 3 is 2.05 bits per heavy atom. The maximum Gasteiger partial charge on any atom is 0.433 e. The molecule has 0 aliphatic heterocycles. The van der Waals surface area contributed by atoms with Gasteiger partial charge in [0, 0.05) is 10.9 Å². The fraction of sp³-hybridized carbons (Fsp3) is 0.250. The average Bonchev–Trinajstić information content (AvgIpc) is 2.34. The molecule has 0 saturated carbocycles. The molecule has 0 atom stereocenters. The van der Waals surface area contributed by atoms with Crippen molar-refractivity contribution in [2.75, 3.05) is 0 Å². The number of hydrogen-bond donors (Lipinski definition) is 1. The topological polar surface area (TPSA) is 33.1 Å². The van der Waals surface area contributed by atoms with Gasteiger partial charge >= 0.3 is 12.4 Å². The SMILES string of the molecule is OCc1c(C(F)(F)F)c(C(F)(F)F)nc2ccccc12. The van der Waals surface area contributed by atoms with Crippen LogP contribution in [0.3, 0.4) is 0 Å². The van der Waals surface area contributed by atoms with Crippen LogP contribution in [-0.4, -0.2) is 10.1 Å². The highest BCUT2D eigenvalue weighted by Gasteiger charge is 2.46. The molecule has 108 valence electrons. The summed E-state index contributed by atoms with van der Waals surface area (Å²) in [4.78, 5) is 3.07. The third kappa shape index (κ3) is 2.43. The first-order valence-corrected chi connectivity index (χ1v) is 5.33. The summed E-state index contributed by atoms with van der Waals surface area (Å²) in [6, 6.07) is 5.05. The third-order valence-electron chi connectivity index (χ3n) is 2.71. The van der Waals surface area contributed by atoms with E-state index < -0.39 is 35.8 Å². The van der Waals surface area contributed by atoms with E-state index in [-0.39, 0.29) is 10.9 Å². The van der Waals surface area contributed by atoms with Gasteiger partial charge in [-0.15, -0.1) is 0 Å². The lowest BCUT2D eigenvalue weighted by atomic mass is 10.00. The molecule has 2 nitrogen and oxygen atoms in total. The van der Waals surface area contributed by atoms with Crippen LogP contribution in [0, 0.1) is 0 Å². The molecule has 0 spiro atoms. The van der Waals surface area contributed by atoms with Crippen molar-refractivity contribution < 1.29 is 31.4 Å². The highest BCUT2D eigenvalue weighted by atomic mass is 19.4. The van der Waals surface area contributed by atoms with Crippen LogP contribution in [0.25, 0.3) is 10.9 Å². The largest absolute Gasteiger partial charge is 0.433 e. The number of halogens is 6. The molecule has 0 saturated heterocycles. The Morgan fingerprint density at radius 1 is 0.950 bits per heavy atom. The monoisotopic (exact) mass is 295 g/mol. The van der Waals surface area contributed by atoms with Crippen molar-refractivity contribution in [2.24, 2.45) is 0 Å². The number of alkyl halides is 6. The van der Waals surface area contributed by atoms with Crippen molar-refractivity contribution in [1.29, 1.82) is 0 Å². The number of para-hydroxylation sites is 1. The predicted octanol–water partition coefficient (Wildman–Crippen LogP) is 3.76. The van der Waals surface area contributed by atoms with Gasteiger partial charge < -0.3 is 5.11 Å². The van der Waals surface area contributed by atoms with Gasteiger partial charge in [-0.2, -0.15) is 26.3 Å². The second-order valence-corrected chi connectivity index (χ2v) is 3.98. The van der Waals surface area contributed by atoms with E-state index in [2.05, 4.69) is 4.98 Å². The molecule has 0 aliphatic rings. The summed E-state index contributed by atoms with van der Waals surface area (Å²) in [6.07, 6.45) is -10.5. The summed E-state index contributed by atoms with van der Waals surface area (Å²) in [7, 11) is 0. The molecule has 0 unspecified atom stereocenters. The Morgan fingerprint density at radius 2 is 1.55 bits per heavy atom. The van der Waals surface area contributed by atoms with Gasteiger partial charge in [-0.25, -0.2) is 4.98 Å². The zero-order valence-corrected chi connectivity index (χ0v) is 9.68. The molecule has 1 heterocycles. The van der Waals surface area contributed by atoms with Crippen LogP contribution < -0.4 is 0 Å². The van der Waals surface area contributed by atoms with Gasteiger partial charge in [0.25, 0.3) is 0 Å². The summed E-state index contributed by atoms with van der Waals surface area (Å²) >= 11 is 0. The quantitative estimate of drug-likeness (QED) is 0.812. The minimum atomic E-state index is -5.27. The Kier molecular flexibility index (Phi) is 3.37. The number of rotatable bonds is 1. The molecule has 0 bridgehead atoms. The normalized spacial score (nSPS) is 12.9. The van der Waals surface area contributed by atoms with E-state index in [1.54, 1.807) is 0 Å². The summed E-state index contributed by atoms with van der Waals surface area (Å²) in [5, 5.41) is 8.92. The van der Waals surface area contributed by atoms with Crippen LogP contribution in [-0.2, 0) is 19.0 Å². The number of nitrogens with zero attached hydrogens (tertiary/aromatic N) is 1. The number of benzene rings is 1. The Labute approximate surface area is 108 Å². The molecule has 0 fully saturated rings. The van der Waals surface area contributed by atoms with E-state index in [0.717, 1.165) is 6.07 Å². The summed E-state index contributed by atoms with van der Waals surface area (Å²) in [5.74, 6) is 0. The van der Waals surface area contributed by atoms with E-state index in [1.165, 1.54) is 18.2 Å². The first-order valence-electron chi connectivity index (χ1n) is 5.33. The second-order valence-electron chi connectivity index (χ2n) is 3.98. The van der Waals surface area contributed by atoms with Gasteiger partial charge in [-0.3, -0.25) is 0 Å². The van der Waals surface area contributed by atoms with E-state index >= 15 is 0 Å². The van der Waals surface area contributed by atoms with Crippen molar-refractivity contribution in [3.05, 3.63) is 41.1 Å². The highest BCUT2D eigenvalue weighted by Crippen LogP contribution is 2.43. The zero-order chi connectivity index (χ0) is 15.1. The average molecular weight is 295 g/mol. The number of aliphatic hydroxyl groups excluding tert-OH is 1. The Bertz CT molecular complexity index is 647. The van der Waals surface area contributed by atoms with Crippen molar-refractivity contribution in [3.8, 4) is 0 Å². The molecule has 20 heavy (non-hydrogen) atoms. The van der Waals surface area contributed by atoms with Crippen LogP contribution in [0.1, 0.15) is 16.8 Å². The summed E-state index contributed by atoms with van der Waals surface area (Å²) in [6.45, 7) is -1.17. The summed E-state index contributed by atoms with van der Waals surface area (Å²) < 4.78 is 77.0. The number of hydrogen-bond acceptors (Lipinski definition) is 2. The fourth-order valence-corrected chi connectivity index (χ4v) is 1.95. The number of aliphatic hydroxyl groups is 1. The van der Waals surface area contributed by atoms with Gasteiger partial charge in [0.1, 0.15) is 0 Å². The molecule has 0 aliphatic carbocycles. The van der Waals surface area contributed by atoms with Crippen LogP contribution in [0.15, 0.2) is 24.3 Å². The van der Waals surface area contributed by atoms with Gasteiger partial charge in [0.15, 0.2) is 5.69 Å². The van der Waals surface area contributed by atoms with Crippen LogP contribution in [0.2, 0.25) is 0 Å². The molecule has 1 aromatic carbocycles. The molecule has 2 rings (SSSR count). The molecule has 1 N–H and O–H groups in total. The maximum absolute atomic E-state index is 12.9. The highest BCUT2D eigenvalue weighted by molar-refractivity contribution is 5.84. The lowest BCUT2D eigenvalue weighted by Gasteiger charge is -2.19. The Balaban J connectivity index is 2.97. The molecule has 0 radical (unpaired) electrons. The first kappa shape index (κ1) is 14.6. The fourth-order valence-electron chi connectivity index (χ4n) is 1.95. The Hall–Kier alpha value is -1.83. The van der Waals surface area contributed by atoms with Gasteiger partial charge in [-0.05, 0) is 6.07 Å². The van der Waals surface area contributed by atoms with E-state index in [0.29, 0.717) is 0 Å². The first-order chi connectivity index (χ1) is 9.16. The molecule has 1 aromatic heterocycles. The van der Waals surface area contributed by atoms with Crippen LogP contribution in [0.4, 0.5) is 26.3 Å². The van der Waals surface area contributed by atoms with Crippen molar-refractivity contribution in [2.45, 2.75) is 19.0 Å². The van der Waals surface area contributed by atoms with E-state index in [1.807, 2.05) is 0 Å². The van der Waals surface area contributed by atoms with Crippen molar-refractivity contribution in [1.82, 2.24) is 4.98 Å². The van der Waals surface area contributed by atoms with Gasteiger partial charge in [-0.1, -0.05) is 18.2 Å². The summed E-state index contributed by atoms with van der Waals surface area (Å²) in [5.41, 5.74) is -5.05. The van der Waals surface area contributed by atoms with Crippen molar-refractivity contribution >= 4 is 10.9 Å². The molecule has 2 aromatic rings. The number of aromatic nitrogens is 1. The zero-order valence-electron chi connectivity index (χ0n) is 9.68. The molecular weight excluding hydrogens is 288 g/mol. The smallest absolute Gasteiger partial charge is 0.392 e. The van der Waals surface area contributed by atoms with Crippen molar-refractivity contribution in [3.63, 3.8) is 0 Å². The molecule has 8 heteroatoms. The minimum Gasteiger partial charge on any atom is -0.392 e. The standard InChI is InChI=1S/C12H7F6NO/c13-11(14,15)9-7(5-20)6-3-1-2-4-8(6)19-10(9)12(16,17)18/h1-4,20H,5H2. The maximum atomic E-state index is 12.9. The second kappa shape index (κ2) is 4.62.